The number of nitrogens with zero attached hydrogens (tertiary/aromatic N) is 1. The van der Waals surface area contributed by atoms with E-state index in [-0.39, 0.29) is 29.4 Å². The molecule has 1 heterocycles. The fourth-order valence-corrected chi connectivity index (χ4v) is 5.72. The number of methoxy groups -OCH3 is 1. The molecule has 0 aliphatic carbocycles. The lowest BCUT2D eigenvalue weighted by Crippen LogP contribution is -2.43. The van der Waals surface area contributed by atoms with E-state index in [1.54, 1.807) is 35.2 Å². The van der Waals surface area contributed by atoms with Gasteiger partial charge in [-0.3, -0.25) is 9.59 Å². The standard InChI is InChI=1S/C24H26BrNO5S/c1-17(2)11-13-26-21-15-18(25)9-10-20(21)24(23(26)28,16-22(27)31-3)12-14-32(29,30)19-7-5-4-6-8-19/h4-11,15H,12-14,16H2,1-3H3. The van der Waals surface area contributed by atoms with Gasteiger partial charge in [-0.1, -0.05) is 51.8 Å². The van der Waals surface area contributed by atoms with Crippen molar-refractivity contribution in [2.24, 2.45) is 0 Å². The van der Waals surface area contributed by atoms with Crippen LogP contribution in [0.2, 0.25) is 0 Å². The number of amides is 1. The number of esters is 1. The summed E-state index contributed by atoms with van der Waals surface area (Å²) in [6.45, 7) is 4.21. The van der Waals surface area contributed by atoms with Gasteiger partial charge in [-0.2, -0.15) is 0 Å². The first-order valence-corrected chi connectivity index (χ1v) is 12.7. The van der Waals surface area contributed by atoms with Crippen LogP contribution in [0.1, 0.15) is 32.3 Å². The van der Waals surface area contributed by atoms with Gasteiger partial charge in [0.05, 0.1) is 29.6 Å². The number of benzene rings is 2. The minimum Gasteiger partial charge on any atom is -0.469 e. The van der Waals surface area contributed by atoms with Gasteiger partial charge in [0.15, 0.2) is 9.84 Å². The maximum atomic E-state index is 13.8. The molecule has 0 radical (unpaired) electrons. The number of halogens is 1. The Bertz CT molecular complexity index is 1160. The summed E-state index contributed by atoms with van der Waals surface area (Å²) in [6, 6.07) is 13.5. The second kappa shape index (κ2) is 9.58. The quantitative estimate of drug-likeness (QED) is 0.380. The second-order valence-corrected chi connectivity index (χ2v) is 11.1. The van der Waals surface area contributed by atoms with Crippen molar-refractivity contribution in [2.45, 2.75) is 37.0 Å². The third-order valence-electron chi connectivity index (χ3n) is 5.68. The van der Waals surface area contributed by atoms with E-state index in [9.17, 15) is 18.0 Å². The van der Waals surface area contributed by atoms with E-state index in [2.05, 4.69) is 15.9 Å². The molecule has 3 rings (SSSR count). The number of fused-ring (bicyclic) bond motifs is 1. The largest absolute Gasteiger partial charge is 0.469 e. The Morgan fingerprint density at radius 1 is 1.16 bits per heavy atom. The summed E-state index contributed by atoms with van der Waals surface area (Å²) in [7, 11) is -2.39. The van der Waals surface area contributed by atoms with Gasteiger partial charge in [0.2, 0.25) is 5.91 Å². The Balaban J connectivity index is 2.08. The number of sulfone groups is 1. The third-order valence-corrected chi connectivity index (χ3v) is 7.90. The molecule has 170 valence electrons. The molecule has 2 aromatic rings. The molecule has 0 bridgehead atoms. The molecule has 1 unspecified atom stereocenters. The SMILES string of the molecule is COC(=O)CC1(CCS(=O)(=O)c2ccccc2)C(=O)N(CC=C(C)C)c2cc(Br)ccc21. The van der Waals surface area contributed by atoms with Crippen molar-refractivity contribution >= 4 is 43.3 Å². The summed E-state index contributed by atoms with van der Waals surface area (Å²) in [4.78, 5) is 28.0. The fraction of sp³-hybridized carbons (Fsp3) is 0.333. The maximum Gasteiger partial charge on any atom is 0.306 e. The summed E-state index contributed by atoms with van der Waals surface area (Å²) in [6.07, 6.45) is 1.67. The van der Waals surface area contributed by atoms with Crippen molar-refractivity contribution in [3.8, 4) is 0 Å². The predicted octanol–water partition coefficient (Wildman–Crippen LogP) is 4.43. The van der Waals surface area contributed by atoms with Crippen molar-refractivity contribution in [2.75, 3.05) is 24.3 Å². The topological polar surface area (TPSA) is 80.8 Å². The first-order valence-electron chi connectivity index (χ1n) is 10.2. The molecule has 6 nitrogen and oxygen atoms in total. The van der Waals surface area contributed by atoms with Crippen molar-refractivity contribution < 1.29 is 22.7 Å². The molecule has 0 N–H and O–H groups in total. The molecule has 0 spiro atoms. The molecule has 0 saturated heterocycles. The van der Waals surface area contributed by atoms with Gasteiger partial charge in [-0.25, -0.2) is 8.42 Å². The molecule has 1 amide bonds. The Morgan fingerprint density at radius 3 is 2.47 bits per heavy atom. The van der Waals surface area contributed by atoms with Gasteiger partial charge in [-0.15, -0.1) is 0 Å². The van der Waals surface area contributed by atoms with E-state index in [1.807, 2.05) is 26.0 Å². The molecular formula is C24H26BrNO5S. The van der Waals surface area contributed by atoms with E-state index < -0.39 is 21.2 Å². The highest BCUT2D eigenvalue weighted by molar-refractivity contribution is 9.10. The molecule has 1 aliphatic heterocycles. The zero-order chi connectivity index (χ0) is 23.5. The lowest BCUT2D eigenvalue weighted by molar-refractivity contribution is -0.144. The van der Waals surface area contributed by atoms with E-state index >= 15 is 0 Å². The fourth-order valence-electron chi connectivity index (χ4n) is 3.94. The van der Waals surface area contributed by atoms with Gasteiger partial charge < -0.3 is 9.64 Å². The van der Waals surface area contributed by atoms with Crippen LogP contribution < -0.4 is 4.90 Å². The first-order chi connectivity index (χ1) is 15.1. The Morgan fingerprint density at radius 2 is 1.84 bits per heavy atom. The predicted molar refractivity (Wildman–Crippen MR) is 127 cm³/mol. The Hall–Kier alpha value is -2.45. The van der Waals surface area contributed by atoms with Crippen LogP contribution >= 0.6 is 15.9 Å². The Labute approximate surface area is 197 Å². The zero-order valence-corrected chi connectivity index (χ0v) is 20.7. The van der Waals surface area contributed by atoms with Crippen LogP contribution in [-0.2, 0) is 29.6 Å². The summed E-state index contributed by atoms with van der Waals surface area (Å²) in [5.41, 5.74) is 1.04. The van der Waals surface area contributed by atoms with Crippen LogP contribution in [0.25, 0.3) is 0 Å². The lowest BCUT2D eigenvalue weighted by Gasteiger charge is -2.27. The molecular weight excluding hydrogens is 494 g/mol. The van der Waals surface area contributed by atoms with Gasteiger partial charge in [-0.05, 0) is 50.1 Å². The number of rotatable bonds is 8. The van der Waals surface area contributed by atoms with Crippen molar-refractivity contribution in [3.05, 3.63) is 70.2 Å². The zero-order valence-electron chi connectivity index (χ0n) is 18.3. The van der Waals surface area contributed by atoms with Crippen LogP contribution in [0.5, 0.6) is 0 Å². The highest BCUT2D eigenvalue weighted by atomic mass is 79.9. The molecule has 32 heavy (non-hydrogen) atoms. The number of hydrogen-bond donors (Lipinski definition) is 0. The molecule has 8 heteroatoms. The summed E-state index contributed by atoms with van der Waals surface area (Å²) in [5, 5.41) is 0. The normalized spacial score (nSPS) is 17.8. The molecule has 2 aromatic carbocycles. The van der Waals surface area contributed by atoms with E-state index in [0.717, 1.165) is 10.0 Å². The average Bonchev–Trinajstić information content (AvgIpc) is 2.98. The van der Waals surface area contributed by atoms with Crippen LogP contribution in [0, 0.1) is 0 Å². The van der Waals surface area contributed by atoms with Crippen LogP contribution in [-0.4, -0.2) is 39.7 Å². The maximum absolute atomic E-state index is 13.8. The Kier molecular flexibility index (Phi) is 7.25. The van der Waals surface area contributed by atoms with Crippen LogP contribution in [0.4, 0.5) is 5.69 Å². The van der Waals surface area contributed by atoms with Crippen molar-refractivity contribution in [1.29, 1.82) is 0 Å². The minimum atomic E-state index is -3.65. The molecule has 1 aliphatic rings. The van der Waals surface area contributed by atoms with E-state index in [0.29, 0.717) is 17.8 Å². The summed E-state index contributed by atoms with van der Waals surface area (Å²) < 4.78 is 31.7. The van der Waals surface area contributed by atoms with Crippen LogP contribution in [0.3, 0.4) is 0 Å². The van der Waals surface area contributed by atoms with Gasteiger partial charge in [0.1, 0.15) is 0 Å². The smallest absolute Gasteiger partial charge is 0.306 e. The van der Waals surface area contributed by atoms with Crippen molar-refractivity contribution in [1.82, 2.24) is 0 Å². The highest BCUT2D eigenvalue weighted by Gasteiger charge is 2.52. The van der Waals surface area contributed by atoms with Crippen molar-refractivity contribution in [3.63, 3.8) is 0 Å². The number of anilines is 1. The van der Waals surface area contributed by atoms with Gasteiger partial charge in [0.25, 0.3) is 0 Å². The lowest BCUT2D eigenvalue weighted by atomic mass is 9.76. The molecule has 0 aromatic heterocycles. The number of carbonyl (C=O) groups is 2. The number of allylic oxidation sites excluding steroid dienone is 1. The average molecular weight is 520 g/mol. The van der Waals surface area contributed by atoms with Gasteiger partial charge in [0, 0.05) is 16.7 Å². The number of carbonyl (C=O) groups excluding carboxylic acids is 2. The summed E-state index contributed by atoms with van der Waals surface area (Å²) in [5.74, 6) is -1.13. The van der Waals surface area contributed by atoms with E-state index in [1.165, 1.54) is 19.2 Å². The first kappa shape index (κ1) is 24.2. The monoisotopic (exact) mass is 519 g/mol. The third kappa shape index (κ3) is 4.81. The number of hydrogen-bond acceptors (Lipinski definition) is 5. The molecule has 1 atom stereocenters. The molecule has 0 fully saturated rings. The van der Waals surface area contributed by atoms with E-state index in [4.69, 9.17) is 4.74 Å². The van der Waals surface area contributed by atoms with Crippen LogP contribution in [0.15, 0.2) is 69.5 Å². The molecule has 0 saturated carbocycles. The second-order valence-electron chi connectivity index (χ2n) is 8.08. The number of ether oxygens (including phenoxy) is 1. The highest BCUT2D eigenvalue weighted by Crippen LogP contribution is 2.48. The minimum absolute atomic E-state index is 0.0296. The summed E-state index contributed by atoms with van der Waals surface area (Å²) >= 11 is 3.45. The van der Waals surface area contributed by atoms with Gasteiger partial charge >= 0.3 is 5.97 Å².